The fourth-order valence-electron chi connectivity index (χ4n) is 2.09. The van der Waals surface area contributed by atoms with Gasteiger partial charge >= 0.3 is 12.6 Å². The number of benzene rings is 2. The molecule has 0 atom stereocenters. The molecule has 0 radical (unpaired) electrons. The molecule has 0 bridgehead atoms. The lowest BCUT2D eigenvalue weighted by molar-refractivity contribution is -0.119. The number of halogens is 4. The summed E-state index contributed by atoms with van der Waals surface area (Å²) in [5, 5.41) is 2.06. The van der Waals surface area contributed by atoms with Gasteiger partial charge in [0.05, 0.1) is 17.9 Å². The summed E-state index contributed by atoms with van der Waals surface area (Å²) >= 11 is 0. The first-order valence-electron chi connectivity index (χ1n) is 7.93. The zero-order valence-electron chi connectivity index (χ0n) is 14.5. The van der Waals surface area contributed by atoms with Gasteiger partial charge in [-0.1, -0.05) is 0 Å². The molecule has 0 unspecified atom stereocenters. The molecule has 1 amide bonds. The van der Waals surface area contributed by atoms with Crippen LogP contribution in [0.4, 0.5) is 23.2 Å². The number of alkyl halides is 2. The van der Waals surface area contributed by atoms with Crippen molar-refractivity contribution < 1.29 is 41.4 Å². The molecule has 150 valence electrons. The van der Waals surface area contributed by atoms with Gasteiger partial charge in [0.25, 0.3) is 5.91 Å². The number of rotatable bonds is 8. The summed E-state index contributed by atoms with van der Waals surface area (Å²) in [6.07, 6.45) is 0. The first kappa shape index (κ1) is 21.0. The van der Waals surface area contributed by atoms with Gasteiger partial charge in [0.15, 0.2) is 18.1 Å². The zero-order chi connectivity index (χ0) is 20.7. The van der Waals surface area contributed by atoms with E-state index in [9.17, 15) is 27.2 Å². The van der Waals surface area contributed by atoms with Crippen LogP contribution in [0.3, 0.4) is 0 Å². The van der Waals surface area contributed by atoms with E-state index in [1.165, 1.54) is 0 Å². The summed E-state index contributed by atoms with van der Waals surface area (Å²) < 4.78 is 65.5. The molecule has 0 aliphatic carbocycles. The van der Waals surface area contributed by atoms with Gasteiger partial charge in [-0.15, -0.1) is 0 Å². The van der Waals surface area contributed by atoms with Crippen LogP contribution in [0, 0.1) is 11.6 Å². The molecule has 2 aromatic carbocycles. The van der Waals surface area contributed by atoms with Gasteiger partial charge in [0.2, 0.25) is 0 Å². The highest BCUT2D eigenvalue weighted by molar-refractivity contribution is 5.95. The lowest BCUT2D eigenvalue weighted by Gasteiger charge is -2.12. The van der Waals surface area contributed by atoms with Crippen molar-refractivity contribution >= 4 is 17.6 Å². The molecule has 0 spiro atoms. The van der Waals surface area contributed by atoms with Crippen LogP contribution in [0.15, 0.2) is 36.4 Å². The van der Waals surface area contributed by atoms with E-state index in [4.69, 9.17) is 9.47 Å². The van der Waals surface area contributed by atoms with Gasteiger partial charge in [0, 0.05) is 6.07 Å². The second-order valence-electron chi connectivity index (χ2n) is 5.22. The molecular weight excluding hydrogens is 386 g/mol. The highest BCUT2D eigenvalue weighted by Gasteiger charge is 2.17. The maximum Gasteiger partial charge on any atom is 0.387 e. The maximum absolute atomic E-state index is 13.5. The number of anilines is 1. The Balaban J connectivity index is 2.01. The van der Waals surface area contributed by atoms with Crippen molar-refractivity contribution in [3.8, 4) is 11.5 Å². The first-order chi connectivity index (χ1) is 13.3. The molecule has 0 aliphatic heterocycles. The highest BCUT2D eigenvalue weighted by Crippen LogP contribution is 2.30. The van der Waals surface area contributed by atoms with E-state index in [1.807, 2.05) is 0 Å². The van der Waals surface area contributed by atoms with Crippen LogP contribution in [0.1, 0.15) is 17.3 Å². The fraction of sp³-hybridized carbons (Fsp3) is 0.222. The van der Waals surface area contributed by atoms with E-state index in [1.54, 1.807) is 6.92 Å². The van der Waals surface area contributed by atoms with Crippen LogP contribution in [0.25, 0.3) is 0 Å². The van der Waals surface area contributed by atoms with Crippen LogP contribution in [-0.2, 0) is 9.53 Å². The van der Waals surface area contributed by atoms with Gasteiger partial charge in [-0.2, -0.15) is 8.78 Å². The molecule has 0 saturated heterocycles. The van der Waals surface area contributed by atoms with Crippen molar-refractivity contribution in [1.29, 1.82) is 0 Å². The van der Waals surface area contributed by atoms with Crippen LogP contribution >= 0.6 is 0 Å². The minimum absolute atomic E-state index is 0.0881. The van der Waals surface area contributed by atoms with Crippen LogP contribution < -0.4 is 14.8 Å². The van der Waals surface area contributed by atoms with Crippen molar-refractivity contribution in [3.63, 3.8) is 0 Å². The third kappa shape index (κ3) is 5.86. The number of hydrogen-bond donors (Lipinski definition) is 1. The molecule has 0 saturated carbocycles. The SMILES string of the molecule is CCOc1cc(C(=O)OCC(=O)Nc2cc(F)ccc2F)ccc1OC(F)F. The van der Waals surface area contributed by atoms with Crippen molar-refractivity contribution in [2.24, 2.45) is 0 Å². The molecule has 2 rings (SSSR count). The van der Waals surface area contributed by atoms with E-state index in [2.05, 4.69) is 10.1 Å². The zero-order valence-corrected chi connectivity index (χ0v) is 14.5. The predicted molar refractivity (Wildman–Crippen MR) is 89.5 cm³/mol. The smallest absolute Gasteiger partial charge is 0.387 e. The molecule has 0 heterocycles. The molecule has 1 N–H and O–H groups in total. The second-order valence-corrected chi connectivity index (χ2v) is 5.22. The molecule has 0 fully saturated rings. The predicted octanol–water partition coefficient (Wildman–Crippen LogP) is 3.76. The molecule has 0 aromatic heterocycles. The second kappa shape index (κ2) is 9.58. The van der Waals surface area contributed by atoms with Crippen LogP contribution in [-0.4, -0.2) is 31.7 Å². The number of carbonyl (C=O) groups is 2. The molecule has 2 aromatic rings. The van der Waals surface area contributed by atoms with E-state index in [0.717, 1.165) is 36.4 Å². The monoisotopic (exact) mass is 401 g/mol. The Morgan fingerprint density at radius 1 is 1.07 bits per heavy atom. The molecule has 0 aliphatic rings. The summed E-state index contributed by atoms with van der Waals surface area (Å²) in [6.45, 7) is -2.13. The third-order valence-corrected chi connectivity index (χ3v) is 3.23. The molecule has 6 nitrogen and oxygen atoms in total. The van der Waals surface area contributed by atoms with Crippen molar-refractivity contribution in [2.75, 3.05) is 18.5 Å². The Bertz CT molecular complexity index is 860. The summed E-state index contributed by atoms with van der Waals surface area (Å²) in [5.74, 6) is -3.86. The molecular formula is C18H15F4NO5. The van der Waals surface area contributed by atoms with Crippen molar-refractivity contribution in [3.05, 3.63) is 53.6 Å². The number of hydrogen-bond acceptors (Lipinski definition) is 5. The summed E-state index contributed by atoms with van der Waals surface area (Å²) in [5.41, 5.74) is -0.497. The van der Waals surface area contributed by atoms with Gasteiger partial charge in [-0.25, -0.2) is 13.6 Å². The standard InChI is InChI=1S/C18H15F4NO5/c1-2-26-15-7-10(3-6-14(15)28-18(21)22)17(25)27-9-16(24)23-13-8-11(19)4-5-12(13)20/h3-8,18H,2,9H2,1H3,(H,23,24). The highest BCUT2D eigenvalue weighted by atomic mass is 19.3. The maximum atomic E-state index is 13.5. The average Bonchev–Trinajstić information content (AvgIpc) is 2.64. The number of esters is 1. The Labute approximate surface area is 157 Å². The van der Waals surface area contributed by atoms with E-state index < -0.39 is 42.4 Å². The number of ether oxygens (including phenoxy) is 3. The third-order valence-electron chi connectivity index (χ3n) is 3.23. The van der Waals surface area contributed by atoms with Gasteiger partial charge in [0.1, 0.15) is 11.6 Å². The summed E-state index contributed by atoms with van der Waals surface area (Å²) in [4.78, 5) is 23.8. The van der Waals surface area contributed by atoms with E-state index in [-0.39, 0.29) is 23.7 Å². The van der Waals surface area contributed by atoms with Crippen LogP contribution in [0.2, 0.25) is 0 Å². The normalized spacial score (nSPS) is 10.5. The number of amides is 1. The summed E-state index contributed by atoms with van der Waals surface area (Å²) in [7, 11) is 0. The van der Waals surface area contributed by atoms with Crippen molar-refractivity contribution in [1.82, 2.24) is 0 Å². The Morgan fingerprint density at radius 3 is 2.50 bits per heavy atom. The molecule has 28 heavy (non-hydrogen) atoms. The Kier molecular flexibility index (Phi) is 7.19. The number of nitrogens with one attached hydrogen (secondary N) is 1. The largest absolute Gasteiger partial charge is 0.490 e. The van der Waals surface area contributed by atoms with Crippen molar-refractivity contribution in [2.45, 2.75) is 13.5 Å². The minimum atomic E-state index is -3.08. The first-order valence-corrected chi connectivity index (χ1v) is 7.93. The lowest BCUT2D eigenvalue weighted by atomic mass is 10.2. The minimum Gasteiger partial charge on any atom is -0.490 e. The topological polar surface area (TPSA) is 73.9 Å². The van der Waals surface area contributed by atoms with E-state index >= 15 is 0 Å². The molecule has 10 heteroatoms. The summed E-state index contributed by atoms with van der Waals surface area (Å²) in [6, 6.07) is 5.83. The van der Waals surface area contributed by atoms with E-state index in [0.29, 0.717) is 0 Å². The quantitative estimate of drug-likeness (QED) is 0.539. The Morgan fingerprint density at radius 2 is 1.82 bits per heavy atom. The number of carbonyl (C=O) groups excluding carboxylic acids is 2. The van der Waals surface area contributed by atoms with Gasteiger partial charge < -0.3 is 19.5 Å². The lowest BCUT2D eigenvalue weighted by Crippen LogP contribution is -2.21. The Hall–Kier alpha value is -3.30. The fourth-order valence-corrected chi connectivity index (χ4v) is 2.09. The average molecular weight is 401 g/mol. The van der Waals surface area contributed by atoms with Gasteiger partial charge in [-0.3, -0.25) is 4.79 Å². The van der Waals surface area contributed by atoms with Gasteiger partial charge in [-0.05, 0) is 37.3 Å². The van der Waals surface area contributed by atoms with Crippen LogP contribution in [0.5, 0.6) is 11.5 Å².